The number of amides is 2. The first-order valence-electron chi connectivity index (χ1n) is 16.3. The minimum absolute atomic E-state index is 0.0525. The summed E-state index contributed by atoms with van der Waals surface area (Å²) in [6, 6.07) is 19.5. The Bertz CT molecular complexity index is 1380. The molecule has 0 unspecified atom stereocenters. The largest absolute Gasteiger partial charge is 0.466 e. The van der Waals surface area contributed by atoms with E-state index in [9.17, 15) is 23.6 Å². The molecule has 2 saturated heterocycles. The molecule has 2 heterocycles. The highest BCUT2D eigenvalue weighted by atomic mass is 19.1. The van der Waals surface area contributed by atoms with Crippen molar-refractivity contribution in [2.45, 2.75) is 78.1 Å². The minimum atomic E-state index is -1.62. The second kappa shape index (κ2) is 13.3. The second-order valence-electron chi connectivity index (χ2n) is 12.9. The maximum Gasteiger partial charge on any atom is 0.312 e. The maximum atomic E-state index is 14.6. The third-order valence-electron chi connectivity index (χ3n) is 10.4. The molecule has 6 rings (SSSR count). The molecule has 2 saturated carbocycles. The molecule has 8 nitrogen and oxygen atoms in total. The van der Waals surface area contributed by atoms with E-state index in [0.29, 0.717) is 32.4 Å². The van der Waals surface area contributed by atoms with Crippen LogP contribution in [0.2, 0.25) is 0 Å². The van der Waals surface area contributed by atoms with E-state index in [2.05, 4.69) is 6.92 Å². The first kappa shape index (κ1) is 32.6. The van der Waals surface area contributed by atoms with Gasteiger partial charge in [-0.25, -0.2) is 4.39 Å². The standard InChI is InChI=1S/C18H22FNO3.C18H23NO3/c1-3-23-17(22)18(9-10-18)14-11-20(16(21)15(14)19)12(2)13-7-5-4-6-8-13;1-3-22-17(21)18(9-10-18)15-11-16(20)19(12-15)13(2)14-7-5-4-6-8-14/h4-8,12,14-15H,3,9-11H2,1-2H3;4-8,13,15H,3,9-12H2,1-2H3/t12-,14-,15+;13-,15+/m00/s1. The summed E-state index contributed by atoms with van der Waals surface area (Å²) in [5.74, 6) is -1.32. The van der Waals surface area contributed by atoms with Gasteiger partial charge >= 0.3 is 11.9 Å². The Morgan fingerprint density at radius 3 is 1.71 bits per heavy atom. The molecule has 2 amide bonds. The number of carbonyl (C=O) groups excluding carboxylic acids is 4. The third kappa shape index (κ3) is 6.36. The number of nitrogens with zero attached hydrogens (tertiary/aromatic N) is 2. The Hall–Kier alpha value is -3.75. The van der Waals surface area contributed by atoms with E-state index in [-0.39, 0.29) is 49.0 Å². The summed E-state index contributed by atoms with van der Waals surface area (Å²) in [6.07, 6.45) is 1.79. The van der Waals surface area contributed by atoms with Gasteiger partial charge in [0.25, 0.3) is 5.91 Å². The molecule has 0 N–H and O–H groups in total. The van der Waals surface area contributed by atoms with Crippen LogP contribution in [-0.4, -0.2) is 66.0 Å². The van der Waals surface area contributed by atoms with Crippen molar-refractivity contribution in [3.8, 4) is 0 Å². The number of carbonyl (C=O) groups is 4. The van der Waals surface area contributed by atoms with Crippen LogP contribution < -0.4 is 0 Å². The molecule has 5 atom stereocenters. The molecular weight excluding hydrogens is 575 g/mol. The van der Waals surface area contributed by atoms with E-state index < -0.39 is 28.8 Å². The van der Waals surface area contributed by atoms with Gasteiger partial charge in [0, 0.05) is 31.3 Å². The van der Waals surface area contributed by atoms with Gasteiger partial charge in [0.2, 0.25) is 5.91 Å². The summed E-state index contributed by atoms with van der Waals surface area (Å²) in [7, 11) is 0. The average Bonchev–Trinajstić information content (AvgIpc) is 3.98. The number of alkyl halides is 1. The van der Waals surface area contributed by atoms with Gasteiger partial charge in [0.05, 0.1) is 36.1 Å². The number of likely N-dealkylation sites (tertiary alicyclic amines) is 2. The molecule has 2 aliphatic carbocycles. The van der Waals surface area contributed by atoms with E-state index in [1.54, 1.807) is 11.8 Å². The number of halogens is 1. The lowest BCUT2D eigenvalue weighted by Gasteiger charge is -2.26. The zero-order chi connectivity index (χ0) is 32.4. The van der Waals surface area contributed by atoms with Gasteiger partial charge in [-0.2, -0.15) is 0 Å². The van der Waals surface area contributed by atoms with E-state index in [4.69, 9.17) is 9.47 Å². The van der Waals surface area contributed by atoms with Crippen LogP contribution in [0.15, 0.2) is 60.7 Å². The maximum absolute atomic E-state index is 14.6. The van der Waals surface area contributed by atoms with Crippen molar-refractivity contribution in [2.75, 3.05) is 26.3 Å². The summed E-state index contributed by atoms with van der Waals surface area (Å²) in [5, 5.41) is 0. The summed E-state index contributed by atoms with van der Waals surface area (Å²) in [5.41, 5.74) is 0.916. The average molecular weight is 621 g/mol. The molecule has 4 fully saturated rings. The van der Waals surface area contributed by atoms with Crippen molar-refractivity contribution in [3.63, 3.8) is 0 Å². The second-order valence-corrected chi connectivity index (χ2v) is 12.9. The molecule has 45 heavy (non-hydrogen) atoms. The van der Waals surface area contributed by atoms with E-state index in [0.717, 1.165) is 24.0 Å². The third-order valence-corrected chi connectivity index (χ3v) is 10.4. The van der Waals surface area contributed by atoms with Gasteiger partial charge in [0.15, 0.2) is 6.17 Å². The van der Waals surface area contributed by atoms with Gasteiger partial charge in [-0.3, -0.25) is 19.2 Å². The lowest BCUT2D eigenvalue weighted by Crippen LogP contribution is -2.34. The molecular formula is C36H45FN2O6. The lowest BCUT2D eigenvalue weighted by molar-refractivity contribution is -0.153. The first-order chi connectivity index (χ1) is 21.6. The van der Waals surface area contributed by atoms with Crippen molar-refractivity contribution in [1.82, 2.24) is 9.80 Å². The molecule has 0 bridgehead atoms. The normalized spacial score (nSPS) is 25.6. The Balaban J connectivity index is 0.000000178. The topological polar surface area (TPSA) is 93.2 Å². The molecule has 0 radical (unpaired) electrons. The van der Waals surface area contributed by atoms with Crippen LogP contribution in [-0.2, 0) is 28.7 Å². The highest BCUT2D eigenvalue weighted by Crippen LogP contribution is 2.58. The molecule has 242 valence electrons. The smallest absolute Gasteiger partial charge is 0.312 e. The summed E-state index contributed by atoms with van der Waals surface area (Å²) >= 11 is 0. The van der Waals surface area contributed by atoms with Crippen LogP contribution in [0.5, 0.6) is 0 Å². The van der Waals surface area contributed by atoms with Crippen molar-refractivity contribution >= 4 is 23.8 Å². The van der Waals surface area contributed by atoms with Crippen molar-refractivity contribution in [3.05, 3.63) is 71.8 Å². The Labute approximate surface area is 265 Å². The van der Waals surface area contributed by atoms with Crippen LogP contribution in [0.3, 0.4) is 0 Å². The highest BCUT2D eigenvalue weighted by Gasteiger charge is 2.64. The predicted octanol–water partition coefficient (Wildman–Crippen LogP) is 5.83. The van der Waals surface area contributed by atoms with Gasteiger partial charge in [-0.05, 0) is 64.5 Å². The number of rotatable bonds is 10. The monoisotopic (exact) mass is 620 g/mol. The Morgan fingerprint density at radius 1 is 0.778 bits per heavy atom. The number of esters is 2. The summed E-state index contributed by atoms with van der Waals surface area (Å²) in [4.78, 5) is 52.7. The quantitative estimate of drug-likeness (QED) is 0.311. The van der Waals surface area contributed by atoms with Crippen LogP contribution in [0, 0.1) is 22.7 Å². The Kier molecular flexibility index (Phi) is 9.65. The fourth-order valence-corrected chi connectivity index (χ4v) is 7.15. The van der Waals surface area contributed by atoms with Gasteiger partial charge in [-0.15, -0.1) is 0 Å². The van der Waals surface area contributed by atoms with E-state index in [1.165, 1.54) is 0 Å². The summed E-state index contributed by atoms with van der Waals surface area (Å²) in [6.45, 7) is 9.14. The number of hydrogen-bond donors (Lipinski definition) is 0. The van der Waals surface area contributed by atoms with Crippen molar-refractivity contribution in [2.24, 2.45) is 22.7 Å². The van der Waals surface area contributed by atoms with E-state index in [1.807, 2.05) is 79.4 Å². The van der Waals surface area contributed by atoms with Gasteiger partial charge < -0.3 is 19.3 Å². The van der Waals surface area contributed by atoms with Crippen molar-refractivity contribution in [1.29, 1.82) is 0 Å². The summed E-state index contributed by atoms with van der Waals surface area (Å²) < 4.78 is 25.0. The van der Waals surface area contributed by atoms with Crippen LogP contribution in [0.1, 0.15) is 83.0 Å². The zero-order valence-corrected chi connectivity index (χ0v) is 26.7. The van der Waals surface area contributed by atoms with Crippen LogP contribution in [0.25, 0.3) is 0 Å². The number of hydrogen-bond acceptors (Lipinski definition) is 6. The lowest BCUT2D eigenvalue weighted by atomic mass is 9.87. The molecule has 0 spiro atoms. The fourth-order valence-electron chi connectivity index (χ4n) is 7.15. The van der Waals surface area contributed by atoms with Gasteiger partial charge in [-0.1, -0.05) is 60.7 Å². The van der Waals surface area contributed by atoms with Crippen LogP contribution >= 0.6 is 0 Å². The SMILES string of the molecule is CCOC(=O)C1([C@@H]2CC(=O)N([C@@H](C)c3ccccc3)C2)CC1.CCOC(=O)C1([C@H]2CN([C@@H](C)c3ccccc3)C(=O)[C@@H]2F)CC1. The van der Waals surface area contributed by atoms with Crippen LogP contribution in [0.4, 0.5) is 4.39 Å². The first-order valence-corrected chi connectivity index (χ1v) is 16.3. The molecule has 2 aliphatic heterocycles. The molecule has 2 aromatic rings. The minimum Gasteiger partial charge on any atom is -0.466 e. The molecule has 4 aliphatic rings. The molecule has 9 heteroatoms. The highest BCUT2D eigenvalue weighted by molar-refractivity contribution is 5.88. The number of ether oxygens (including phenoxy) is 2. The number of benzene rings is 2. The zero-order valence-electron chi connectivity index (χ0n) is 26.7. The molecule has 2 aromatic carbocycles. The van der Waals surface area contributed by atoms with Crippen molar-refractivity contribution < 1.29 is 33.0 Å². The Morgan fingerprint density at radius 2 is 1.24 bits per heavy atom. The van der Waals surface area contributed by atoms with E-state index >= 15 is 0 Å². The predicted molar refractivity (Wildman–Crippen MR) is 166 cm³/mol. The van der Waals surface area contributed by atoms with Gasteiger partial charge in [0.1, 0.15) is 0 Å². The molecule has 0 aromatic heterocycles. The fraction of sp³-hybridized carbons (Fsp3) is 0.556.